The lowest BCUT2D eigenvalue weighted by atomic mass is 10.1. The summed E-state index contributed by atoms with van der Waals surface area (Å²) in [6.07, 6.45) is 0.546. The monoisotopic (exact) mass is 323 g/mol. The highest BCUT2D eigenvalue weighted by Crippen LogP contribution is 2.22. The average Bonchev–Trinajstić information content (AvgIpc) is 2.54. The Kier molecular flexibility index (Phi) is 5.41. The molecule has 6 nitrogen and oxygen atoms in total. The van der Waals surface area contributed by atoms with Gasteiger partial charge in [0.05, 0.1) is 13.2 Å². The maximum absolute atomic E-state index is 13.8. The molecule has 3 amide bonds. The number of carbonyl (C=O) groups excluding carboxylic acids is 2. The number of nitrogens with zero attached hydrogens (tertiary/aromatic N) is 1. The molecule has 0 saturated carbocycles. The van der Waals surface area contributed by atoms with Crippen LogP contribution in [0.5, 0.6) is 5.75 Å². The highest BCUT2D eigenvalue weighted by atomic mass is 19.1. The zero-order valence-corrected chi connectivity index (χ0v) is 13.6. The minimum absolute atomic E-state index is 0.142. The third-order valence-electron chi connectivity index (χ3n) is 3.99. The molecule has 1 aliphatic heterocycles. The molecule has 2 unspecified atom stereocenters. The molecule has 2 atom stereocenters. The van der Waals surface area contributed by atoms with E-state index in [4.69, 9.17) is 4.74 Å². The SMILES string of the molecule is CCC1C(=O)NCCN1C(=O)NC(C)c1ccc(OC)c(F)c1. The molecule has 0 spiro atoms. The average molecular weight is 323 g/mol. The largest absolute Gasteiger partial charge is 0.494 e. The minimum Gasteiger partial charge on any atom is -0.494 e. The number of piperazine rings is 1. The molecule has 1 saturated heterocycles. The molecule has 0 bridgehead atoms. The summed E-state index contributed by atoms with van der Waals surface area (Å²) in [6.45, 7) is 4.52. The lowest BCUT2D eigenvalue weighted by Crippen LogP contribution is -2.59. The number of hydrogen-bond acceptors (Lipinski definition) is 3. The fraction of sp³-hybridized carbons (Fsp3) is 0.500. The molecule has 1 aromatic rings. The molecule has 1 heterocycles. The predicted octanol–water partition coefficient (Wildman–Crippen LogP) is 1.82. The van der Waals surface area contributed by atoms with Crippen LogP contribution in [0.1, 0.15) is 31.9 Å². The number of ether oxygens (including phenoxy) is 1. The number of carbonyl (C=O) groups is 2. The van der Waals surface area contributed by atoms with Gasteiger partial charge in [-0.2, -0.15) is 0 Å². The first-order valence-electron chi connectivity index (χ1n) is 7.66. The molecule has 0 aromatic heterocycles. The topological polar surface area (TPSA) is 70.7 Å². The van der Waals surface area contributed by atoms with Crippen molar-refractivity contribution in [2.45, 2.75) is 32.4 Å². The summed E-state index contributed by atoms with van der Waals surface area (Å²) in [7, 11) is 1.40. The normalized spacial score (nSPS) is 19.0. The number of nitrogens with one attached hydrogen (secondary N) is 2. The van der Waals surface area contributed by atoms with Crippen LogP contribution in [0.25, 0.3) is 0 Å². The molecule has 2 N–H and O–H groups in total. The Labute approximate surface area is 135 Å². The van der Waals surface area contributed by atoms with E-state index in [9.17, 15) is 14.0 Å². The molecule has 1 aromatic carbocycles. The van der Waals surface area contributed by atoms with Gasteiger partial charge >= 0.3 is 6.03 Å². The Hall–Kier alpha value is -2.31. The number of urea groups is 1. The Morgan fingerprint density at radius 1 is 1.57 bits per heavy atom. The first-order valence-corrected chi connectivity index (χ1v) is 7.66. The molecule has 1 fully saturated rings. The standard InChI is InChI=1S/C16H22FN3O3/c1-4-13-15(21)18-7-8-20(13)16(22)19-10(2)11-5-6-14(23-3)12(17)9-11/h5-6,9-10,13H,4,7-8H2,1-3H3,(H,18,21)(H,19,22). The lowest BCUT2D eigenvalue weighted by molar-refractivity contribution is -0.127. The fourth-order valence-electron chi connectivity index (χ4n) is 2.67. The zero-order chi connectivity index (χ0) is 17.0. The van der Waals surface area contributed by atoms with Crippen molar-refractivity contribution >= 4 is 11.9 Å². The van der Waals surface area contributed by atoms with Gasteiger partial charge in [0.15, 0.2) is 11.6 Å². The van der Waals surface area contributed by atoms with E-state index < -0.39 is 11.9 Å². The van der Waals surface area contributed by atoms with Gasteiger partial charge in [-0.05, 0) is 31.0 Å². The van der Waals surface area contributed by atoms with Gasteiger partial charge < -0.3 is 20.3 Å². The van der Waals surface area contributed by atoms with E-state index in [0.29, 0.717) is 25.1 Å². The molecular weight excluding hydrogens is 301 g/mol. The second-order valence-electron chi connectivity index (χ2n) is 5.47. The van der Waals surface area contributed by atoms with Crippen LogP contribution in [0.15, 0.2) is 18.2 Å². The van der Waals surface area contributed by atoms with Crippen molar-refractivity contribution in [2.24, 2.45) is 0 Å². The number of amides is 3. The van der Waals surface area contributed by atoms with Crippen LogP contribution in [0.2, 0.25) is 0 Å². The quantitative estimate of drug-likeness (QED) is 0.888. The third kappa shape index (κ3) is 3.72. The molecule has 23 heavy (non-hydrogen) atoms. The van der Waals surface area contributed by atoms with Gasteiger partial charge in [0, 0.05) is 13.1 Å². The van der Waals surface area contributed by atoms with Gasteiger partial charge in [0.1, 0.15) is 6.04 Å². The Balaban J connectivity index is 2.06. The lowest BCUT2D eigenvalue weighted by Gasteiger charge is -2.35. The summed E-state index contributed by atoms with van der Waals surface area (Å²) in [5.74, 6) is -0.460. The molecule has 0 aliphatic carbocycles. The van der Waals surface area contributed by atoms with E-state index in [-0.39, 0.29) is 23.7 Å². The summed E-state index contributed by atoms with van der Waals surface area (Å²) in [4.78, 5) is 25.8. The number of benzene rings is 1. The van der Waals surface area contributed by atoms with Gasteiger partial charge in [-0.1, -0.05) is 13.0 Å². The summed E-state index contributed by atoms with van der Waals surface area (Å²) < 4.78 is 18.7. The van der Waals surface area contributed by atoms with Crippen molar-refractivity contribution in [1.82, 2.24) is 15.5 Å². The smallest absolute Gasteiger partial charge is 0.318 e. The van der Waals surface area contributed by atoms with Crippen LogP contribution in [-0.4, -0.2) is 43.1 Å². The first kappa shape index (κ1) is 17.1. The van der Waals surface area contributed by atoms with Crippen molar-refractivity contribution in [3.63, 3.8) is 0 Å². The van der Waals surface area contributed by atoms with Crippen LogP contribution in [0.3, 0.4) is 0 Å². The van der Waals surface area contributed by atoms with Crippen molar-refractivity contribution in [2.75, 3.05) is 20.2 Å². The second kappa shape index (κ2) is 7.30. The molecule has 0 radical (unpaired) electrons. The Morgan fingerprint density at radius 2 is 2.30 bits per heavy atom. The third-order valence-corrected chi connectivity index (χ3v) is 3.99. The molecule has 2 rings (SSSR count). The maximum Gasteiger partial charge on any atom is 0.318 e. The first-order chi connectivity index (χ1) is 11.0. The Bertz CT molecular complexity index is 594. The highest BCUT2D eigenvalue weighted by molar-refractivity contribution is 5.88. The van der Waals surface area contributed by atoms with E-state index in [1.807, 2.05) is 6.92 Å². The summed E-state index contributed by atoms with van der Waals surface area (Å²) >= 11 is 0. The van der Waals surface area contributed by atoms with Gasteiger partial charge in [-0.25, -0.2) is 9.18 Å². The van der Waals surface area contributed by atoms with E-state index in [0.717, 1.165) is 0 Å². The highest BCUT2D eigenvalue weighted by Gasteiger charge is 2.32. The number of rotatable bonds is 4. The van der Waals surface area contributed by atoms with E-state index >= 15 is 0 Å². The molecule has 1 aliphatic rings. The van der Waals surface area contributed by atoms with Gasteiger partial charge in [0.25, 0.3) is 0 Å². The maximum atomic E-state index is 13.8. The summed E-state index contributed by atoms with van der Waals surface area (Å²) in [5.41, 5.74) is 0.631. The van der Waals surface area contributed by atoms with E-state index in [1.165, 1.54) is 24.1 Å². The van der Waals surface area contributed by atoms with Gasteiger partial charge in [0.2, 0.25) is 5.91 Å². The van der Waals surface area contributed by atoms with Crippen molar-refractivity contribution in [3.8, 4) is 5.75 Å². The zero-order valence-electron chi connectivity index (χ0n) is 13.6. The van der Waals surface area contributed by atoms with Gasteiger partial charge in [-0.15, -0.1) is 0 Å². The van der Waals surface area contributed by atoms with Crippen LogP contribution in [0.4, 0.5) is 9.18 Å². The minimum atomic E-state index is -0.477. The Morgan fingerprint density at radius 3 is 2.91 bits per heavy atom. The predicted molar refractivity (Wildman–Crippen MR) is 83.7 cm³/mol. The van der Waals surface area contributed by atoms with Crippen LogP contribution in [-0.2, 0) is 4.79 Å². The van der Waals surface area contributed by atoms with E-state index in [2.05, 4.69) is 10.6 Å². The van der Waals surface area contributed by atoms with Gasteiger partial charge in [-0.3, -0.25) is 4.79 Å². The number of methoxy groups -OCH3 is 1. The number of halogens is 1. The molecular formula is C16H22FN3O3. The van der Waals surface area contributed by atoms with Crippen molar-refractivity contribution in [3.05, 3.63) is 29.6 Å². The summed E-state index contributed by atoms with van der Waals surface area (Å²) in [6, 6.07) is 3.39. The van der Waals surface area contributed by atoms with E-state index in [1.54, 1.807) is 13.0 Å². The van der Waals surface area contributed by atoms with Crippen molar-refractivity contribution in [1.29, 1.82) is 0 Å². The number of hydrogen-bond donors (Lipinski definition) is 2. The fourth-order valence-corrected chi connectivity index (χ4v) is 2.67. The molecule has 126 valence electrons. The van der Waals surface area contributed by atoms with Crippen molar-refractivity contribution < 1.29 is 18.7 Å². The van der Waals surface area contributed by atoms with Crippen LogP contribution >= 0.6 is 0 Å². The van der Waals surface area contributed by atoms with Crippen LogP contribution in [0, 0.1) is 5.82 Å². The van der Waals surface area contributed by atoms with Crippen LogP contribution < -0.4 is 15.4 Å². The molecule has 7 heteroatoms. The summed E-state index contributed by atoms with van der Waals surface area (Å²) in [5, 5.41) is 5.56. The second-order valence-corrected chi connectivity index (χ2v) is 5.47.